The van der Waals surface area contributed by atoms with E-state index in [1.54, 1.807) is 48.5 Å². The zero-order chi connectivity index (χ0) is 25.0. The van der Waals surface area contributed by atoms with E-state index < -0.39 is 5.97 Å². The molecule has 0 amide bonds. The molecular weight excluding hydrogens is 440 g/mol. The molecule has 2 aromatic rings. The molecule has 1 aliphatic rings. The third kappa shape index (κ3) is 8.63. The highest BCUT2D eigenvalue weighted by atomic mass is 16.5. The SMILES string of the molecule is C=CCCCCC1CCC(C(=O)Oc2ccc(C=CC(=O)OCc3ccc(N)cc3N)cc2)CC1. The highest BCUT2D eigenvalue weighted by molar-refractivity contribution is 5.87. The minimum Gasteiger partial charge on any atom is -0.458 e. The van der Waals surface area contributed by atoms with E-state index in [4.69, 9.17) is 20.9 Å². The molecule has 0 unspecified atom stereocenters. The van der Waals surface area contributed by atoms with Crippen molar-refractivity contribution in [1.29, 1.82) is 0 Å². The molecule has 1 aliphatic carbocycles. The van der Waals surface area contributed by atoms with Crippen molar-refractivity contribution in [3.05, 3.63) is 72.3 Å². The van der Waals surface area contributed by atoms with Crippen LogP contribution in [0.2, 0.25) is 0 Å². The van der Waals surface area contributed by atoms with Gasteiger partial charge in [0.1, 0.15) is 12.4 Å². The van der Waals surface area contributed by atoms with Gasteiger partial charge in [0.25, 0.3) is 0 Å². The Balaban J connectivity index is 1.40. The lowest BCUT2D eigenvalue weighted by molar-refractivity contribution is -0.140. The lowest BCUT2D eigenvalue weighted by Crippen LogP contribution is -2.25. The van der Waals surface area contributed by atoms with Crippen LogP contribution in [0.1, 0.15) is 62.5 Å². The van der Waals surface area contributed by atoms with Gasteiger partial charge < -0.3 is 20.9 Å². The molecule has 0 aromatic heterocycles. The van der Waals surface area contributed by atoms with Crippen LogP contribution in [0.4, 0.5) is 11.4 Å². The van der Waals surface area contributed by atoms with Crippen molar-refractivity contribution in [2.45, 2.75) is 58.0 Å². The summed E-state index contributed by atoms with van der Waals surface area (Å²) in [6.07, 6.45) is 13.7. The standard InChI is InChI=1S/C29H36N2O4/c1-2-3-4-5-6-21-7-12-23(13-8-21)29(33)35-26-16-9-22(10-17-26)11-18-28(32)34-20-24-14-15-25(30)19-27(24)31/h2,9-11,14-19,21,23H,1,3-8,12-13,20,30-31H2. The number of esters is 2. The summed E-state index contributed by atoms with van der Waals surface area (Å²) in [5, 5.41) is 0. The van der Waals surface area contributed by atoms with Crippen LogP contribution in [0, 0.1) is 11.8 Å². The molecule has 6 heteroatoms. The number of carbonyl (C=O) groups is 2. The quantitative estimate of drug-likeness (QED) is 0.102. The fourth-order valence-electron chi connectivity index (χ4n) is 4.36. The van der Waals surface area contributed by atoms with E-state index in [2.05, 4.69) is 6.58 Å². The van der Waals surface area contributed by atoms with E-state index in [0.29, 0.717) is 22.7 Å². The second-order valence-corrected chi connectivity index (χ2v) is 9.18. The van der Waals surface area contributed by atoms with Crippen molar-refractivity contribution >= 4 is 29.4 Å². The first kappa shape index (κ1) is 26.1. The topological polar surface area (TPSA) is 105 Å². The molecule has 0 heterocycles. The molecule has 0 atom stereocenters. The normalized spacial score (nSPS) is 17.7. The van der Waals surface area contributed by atoms with Gasteiger partial charge in [0, 0.05) is 23.0 Å². The van der Waals surface area contributed by atoms with Crippen LogP contribution in [-0.4, -0.2) is 11.9 Å². The first-order valence-corrected chi connectivity index (χ1v) is 12.4. The Morgan fingerprint density at radius 3 is 2.43 bits per heavy atom. The number of allylic oxidation sites excluding steroid dienone is 1. The molecule has 0 saturated heterocycles. The maximum absolute atomic E-state index is 12.6. The molecule has 1 fully saturated rings. The minimum atomic E-state index is -0.479. The van der Waals surface area contributed by atoms with E-state index >= 15 is 0 Å². The van der Waals surface area contributed by atoms with E-state index in [0.717, 1.165) is 43.6 Å². The average molecular weight is 477 g/mol. The van der Waals surface area contributed by atoms with Crippen molar-refractivity contribution in [2.75, 3.05) is 11.5 Å². The van der Waals surface area contributed by atoms with Crippen LogP contribution in [0.3, 0.4) is 0 Å². The average Bonchev–Trinajstić information content (AvgIpc) is 2.86. The number of carbonyl (C=O) groups excluding carboxylic acids is 2. The van der Waals surface area contributed by atoms with Gasteiger partial charge in [0.15, 0.2) is 0 Å². The van der Waals surface area contributed by atoms with Gasteiger partial charge in [-0.05, 0) is 80.3 Å². The van der Waals surface area contributed by atoms with Gasteiger partial charge in [0.05, 0.1) is 5.92 Å². The number of anilines is 2. The molecule has 35 heavy (non-hydrogen) atoms. The van der Waals surface area contributed by atoms with Crippen molar-refractivity contribution < 1.29 is 19.1 Å². The Bertz CT molecular complexity index is 1020. The highest BCUT2D eigenvalue weighted by Crippen LogP contribution is 2.33. The van der Waals surface area contributed by atoms with Gasteiger partial charge in [-0.2, -0.15) is 0 Å². The Labute approximate surface area is 208 Å². The number of hydrogen-bond acceptors (Lipinski definition) is 6. The minimum absolute atomic E-state index is 0.0242. The zero-order valence-corrected chi connectivity index (χ0v) is 20.3. The predicted octanol–water partition coefficient (Wildman–Crippen LogP) is 6.07. The predicted molar refractivity (Wildman–Crippen MR) is 140 cm³/mol. The fraction of sp³-hybridized carbons (Fsp3) is 0.379. The van der Waals surface area contributed by atoms with Crippen LogP contribution in [0.25, 0.3) is 6.08 Å². The molecule has 1 saturated carbocycles. The Morgan fingerprint density at radius 1 is 1.00 bits per heavy atom. The fourth-order valence-corrected chi connectivity index (χ4v) is 4.36. The number of rotatable bonds is 11. The molecule has 0 spiro atoms. The number of benzene rings is 2. The Kier molecular flexibility index (Phi) is 9.96. The number of ether oxygens (including phenoxy) is 2. The smallest absolute Gasteiger partial charge is 0.331 e. The number of nitrogen functional groups attached to an aromatic ring is 2. The van der Waals surface area contributed by atoms with Crippen molar-refractivity contribution in [3.63, 3.8) is 0 Å². The lowest BCUT2D eigenvalue weighted by atomic mass is 9.80. The van der Waals surface area contributed by atoms with Gasteiger partial charge in [-0.25, -0.2) is 4.79 Å². The van der Waals surface area contributed by atoms with Crippen molar-refractivity contribution in [2.24, 2.45) is 11.8 Å². The number of nitrogens with two attached hydrogens (primary N) is 2. The van der Waals surface area contributed by atoms with Crippen LogP contribution in [0.5, 0.6) is 5.75 Å². The summed E-state index contributed by atoms with van der Waals surface area (Å²) in [6, 6.07) is 12.1. The van der Waals surface area contributed by atoms with Gasteiger partial charge in [-0.1, -0.05) is 37.1 Å². The van der Waals surface area contributed by atoms with Crippen molar-refractivity contribution in [1.82, 2.24) is 0 Å². The first-order valence-electron chi connectivity index (χ1n) is 12.4. The molecule has 4 N–H and O–H groups in total. The summed E-state index contributed by atoms with van der Waals surface area (Å²) in [7, 11) is 0. The lowest BCUT2D eigenvalue weighted by Gasteiger charge is -2.27. The maximum atomic E-state index is 12.6. The molecule has 186 valence electrons. The van der Waals surface area contributed by atoms with Crippen LogP contribution < -0.4 is 16.2 Å². The first-order chi connectivity index (χ1) is 16.9. The van der Waals surface area contributed by atoms with E-state index in [1.165, 1.54) is 25.3 Å². The van der Waals surface area contributed by atoms with Gasteiger partial charge in [-0.3, -0.25) is 4.79 Å². The second kappa shape index (κ2) is 13.4. The highest BCUT2D eigenvalue weighted by Gasteiger charge is 2.27. The summed E-state index contributed by atoms with van der Waals surface area (Å²) < 4.78 is 10.8. The number of hydrogen-bond donors (Lipinski definition) is 2. The zero-order valence-electron chi connectivity index (χ0n) is 20.3. The third-order valence-corrected chi connectivity index (χ3v) is 6.50. The Morgan fingerprint density at radius 2 is 1.74 bits per heavy atom. The maximum Gasteiger partial charge on any atom is 0.331 e. The summed E-state index contributed by atoms with van der Waals surface area (Å²) in [6.45, 7) is 3.84. The van der Waals surface area contributed by atoms with Gasteiger partial charge in [0.2, 0.25) is 0 Å². The van der Waals surface area contributed by atoms with Gasteiger partial charge >= 0.3 is 11.9 Å². The molecule has 0 bridgehead atoms. The van der Waals surface area contributed by atoms with E-state index in [9.17, 15) is 9.59 Å². The molecule has 0 radical (unpaired) electrons. The molecule has 2 aromatic carbocycles. The molecule has 0 aliphatic heterocycles. The third-order valence-electron chi connectivity index (χ3n) is 6.50. The molecule has 3 rings (SSSR count). The summed E-state index contributed by atoms with van der Waals surface area (Å²) >= 11 is 0. The molecule has 6 nitrogen and oxygen atoms in total. The van der Waals surface area contributed by atoms with Crippen LogP contribution in [0.15, 0.2) is 61.2 Å². The largest absolute Gasteiger partial charge is 0.458 e. The Hall–Kier alpha value is -3.54. The summed E-state index contributed by atoms with van der Waals surface area (Å²) in [4.78, 5) is 24.6. The second-order valence-electron chi connectivity index (χ2n) is 9.18. The van der Waals surface area contributed by atoms with Crippen LogP contribution >= 0.6 is 0 Å². The summed E-state index contributed by atoms with van der Waals surface area (Å²) in [5.41, 5.74) is 14.1. The van der Waals surface area contributed by atoms with Crippen molar-refractivity contribution in [3.8, 4) is 5.75 Å². The molecular formula is C29H36N2O4. The number of unbranched alkanes of at least 4 members (excludes halogenated alkanes) is 2. The van der Waals surface area contributed by atoms with E-state index in [-0.39, 0.29) is 18.5 Å². The van der Waals surface area contributed by atoms with E-state index in [1.807, 2.05) is 6.08 Å². The van der Waals surface area contributed by atoms with Gasteiger partial charge in [-0.15, -0.1) is 6.58 Å². The summed E-state index contributed by atoms with van der Waals surface area (Å²) in [5.74, 6) is 0.589. The monoisotopic (exact) mass is 476 g/mol. The van der Waals surface area contributed by atoms with Crippen LogP contribution in [-0.2, 0) is 20.9 Å².